The monoisotopic (exact) mass is 275 g/mol. The van der Waals surface area contributed by atoms with Gasteiger partial charge in [-0.05, 0) is 25.5 Å². The first kappa shape index (κ1) is 13.1. The lowest BCUT2D eigenvalue weighted by atomic mass is 10.0. The summed E-state index contributed by atoms with van der Waals surface area (Å²) in [6, 6.07) is 7.58. The molecule has 0 amide bonds. The molecule has 0 radical (unpaired) electrons. The van der Waals surface area contributed by atoms with E-state index in [0.29, 0.717) is 38.0 Å². The fourth-order valence-electron chi connectivity index (χ4n) is 2.18. The summed E-state index contributed by atoms with van der Waals surface area (Å²) in [6.07, 6.45) is 0.688. The number of rotatable bonds is 4. The Labute approximate surface area is 116 Å². The molecule has 1 aliphatic heterocycles. The Morgan fingerprint density at radius 1 is 1.45 bits per heavy atom. The number of benzene rings is 1. The minimum Gasteiger partial charge on any atom is -0.494 e. The molecule has 0 bridgehead atoms. The largest absolute Gasteiger partial charge is 0.494 e. The van der Waals surface area contributed by atoms with Crippen molar-refractivity contribution in [1.82, 2.24) is 10.1 Å². The van der Waals surface area contributed by atoms with Crippen molar-refractivity contribution in [3.8, 4) is 17.1 Å². The zero-order valence-corrected chi connectivity index (χ0v) is 11.3. The summed E-state index contributed by atoms with van der Waals surface area (Å²) in [7, 11) is 0. The maximum Gasteiger partial charge on any atom is 0.249 e. The van der Waals surface area contributed by atoms with Crippen LogP contribution in [0.5, 0.6) is 5.75 Å². The highest BCUT2D eigenvalue weighted by molar-refractivity contribution is 5.56. The smallest absolute Gasteiger partial charge is 0.249 e. The summed E-state index contributed by atoms with van der Waals surface area (Å²) in [5.41, 5.74) is 6.38. The van der Waals surface area contributed by atoms with Gasteiger partial charge in [0.25, 0.3) is 0 Å². The van der Waals surface area contributed by atoms with Gasteiger partial charge in [0, 0.05) is 12.2 Å². The van der Waals surface area contributed by atoms with Crippen LogP contribution in [0.4, 0.5) is 0 Å². The van der Waals surface area contributed by atoms with E-state index in [2.05, 4.69) is 10.1 Å². The third kappa shape index (κ3) is 2.39. The van der Waals surface area contributed by atoms with Gasteiger partial charge in [0.15, 0.2) is 0 Å². The van der Waals surface area contributed by atoms with E-state index in [9.17, 15) is 0 Å². The molecule has 1 aromatic heterocycles. The molecule has 1 unspecified atom stereocenters. The molecule has 6 heteroatoms. The van der Waals surface area contributed by atoms with Gasteiger partial charge in [-0.15, -0.1) is 0 Å². The van der Waals surface area contributed by atoms with Crippen LogP contribution < -0.4 is 10.5 Å². The van der Waals surface area contributed by atoms with Crippen molar-refractivity contribution in [1.29, 1.82) is 0 Å². The minimum atomic E-state index is -0.664. The Balaban J connectivity index is 1.88. The lowest BCUT2D eigenvalue weighted by molar-refractivity contribution is 0.166. The highest BCUT2D eigenvalue weighted by Gasteiger charge is 2.38. The van der Waals surface area contributed by atoms with Gasteiger partial charge in [-0.1, -0.05) is 17.3 Å². The second-order valence-electron chi connectivity index (χ2n) is 4.84. The molecular weight excluding hydrogens is 258 g/mol. The molecule has 0 aliphatic carbocycles. The van der Waals surface area contributed by atoms with Crippen molar-refractivity contribution >= 4 is 0 Å². The van der Waals surface area contributed by atoms with Gasteiger partial charge < -0.3 is 19.7 Å². The number of hydrogen-bond acceptors (Lipinski definition) is 6. The second kappa shape index (κ2) is 5.22. The quantitative estimate of drug-likeness (QED) is 0.914. The summed E-state index contributed by atoms with van der Waals surface area (Å²) in [5, 5.41) is 4.00. The van der Waals surface area contributed by atoms with E-state index in [1.807, 2.05) is 31.2 Å². The molecule has 1 atom stereocenters. The molecule has 1 fully saturated rings. The van der Waals surface area contributed by atoms with Gasteiger partial charge >= 0.3 is 0 Å². The first-order valence-electron chi connectivity index (χ1n) is 6.65. The zero-order valence-electron chi connectivity index (χ0n) is 11.3. The Hall–Kier alpha value is -1.92. The third-order valence-electron chi connectivity index (χ3n) is 3.31. The molecule has 2 heterocycles. The molecule has 20 heavy (non-hydrogen) atoms. The van der Waals surface area contributed by atoms with Crippen LogP contribution in [0, 0.1) is 0 Å². The summed E-state index contributed by atoms with van der Waals surface area (Å²) < 4.78 is 16.1. The first-order valence-corrected chi connectivity index (χ1v) is 6.65. The molecule has 2 N–H and O–H groups in total. The number of ether oxygens (including phenoxy) is 2. The molecule has 6 nitrogen and oxygen atoms in total. The van der Waals surface area contributed by atoms with E-state index >= 15 is 0 Å². The van der Waals surface area contributed by atoms with Crippen LogP contribution in [0.2, 0.25) is 0 Å². The van der Waals surface area contributed by atoms with Crippen LogP contribution in [0.1, 0.15) is 19.2 Å². The second-order valence-corrected chi connectivity index (χ2v) is 4.84. The highest BCUT2D eigenvalue weighted by Crippen LogP contribution is 2.29. The molecule has 2 aromatic rings. The average Bonchev–Trinajstić information content (AvgIpc) is 3.09. The van der Waals surface area contributed by atoms with Crippen LogP contribution in [0.3, 0.4) is 0 Å². The minimum absolute atomic E-state index is 0.410. The van der Waals surface area contributed by atoms with Gasteiger partial charge in [-0.25, -0.2) is 0 Å². The standard InChI is InChI=1S/C14H17N3O3/c1-2-19-11-5-3-4-10(8-11)12-16-13(20-17-12)14(15)6-7-18-9-14/h3-5,8H,2,6-7,9,15H2,1H3. The molecule has 0 spiro atoms. The number of aromatic nitrogens is 2. The van der Waals surface area contributed by atoms with E-state index in [0.717, 1.165) is 11.3 Å². The van der Waals surface area contributed by atoms with Gasteiger partial charge in [0.05, 0.1) is 13.2 Å². The van der Waals surface area contributed by atoms with Gasteiger partial charge in [0.1, 0.15) is 11.3 Å². The normalized spacial score (nSPS) is 22.1. The van der Waals surface area contributed by atoms with Crippen molar-refractivity contribution in [2.75, 3.05) is 19.8 Å². The number of nitrogens with two attached hydrogens (primary N) is 1. The van der Waals surface area contributed by atoms with Crippen molar-refractivity contribution in [3.05, 3.63) is 30.2 Å². The highest BCUT2D eigenvalue weighted by atomic mass is 16.5. The zero-order chi connectivity index (χ0) is 14.0. The Bertz CT molecular complexity index is 591. The summed E-state index contributed by atoms with van der Waals surface area (Å²) in [4.78, 5) is 4.40. The summed E-state index contributed by atoms with van der Waals surface area (Å²) in [5.74, 6) is 1.72. The lowest BCUT2D eigenvalue weighted by Gasteiger charge is -2.14. The van der Waals surface area contributed by atoms with Crippen LogP contribution in [0.25, 0.3) is 11.4 Å². The van der Waals surface area contributed by atoms with Gasteiger partial charge in [-0.3, -0.25) is 0 Å². The van der Waals surface area contributed by atoms with Crippen molar-refractivity contribution in [2.24, 2.45) is 5.73 Å². The summed E-state index contributed by atoms with van der Waals surface area (Å²) in [6.45, 7) is 3.59. The number of hydrogen-bond donors (Lipinski definition) is 1. The van der Waals surface area contributed by atoms with Crippen LogP contribution in [0.15, 0.2) is 28.8 Å². The molecule has 106 valence electrons. The Morgan fingerprint density at radius 3 is 3.10 bits per heavy atom. The topological polar surface area (TPSA) is 83.4 Å². The van der Waals surface area contributed by atoms with E-state index in [1.54, 1.807) is 0 Å². The maximum absolute atomic E-state index is 6.20. The van der Waals surface area contributed by atoms with Crippen molar-refractivity contribution in [2.45, 2.75) is 18.9 Å². The Kier molecular flexibility index (Phi) is 3.42. The molecule has 3 rings (SSSR count). The van der Waals surface area contributed by atoms with Gasteiger partial charge in [0.2, 0.25) is 11.7 Å². The first-order chi connectivity index (χ1) is 9.71. The van der Waals surface area contributed by atoms with Crippen molar-refractivity contribution < 1.29 is 14.0 Å². The molecule has 0 saturated carbocycles. The third-order valence-corrected chi connectivity index (χ3v) is 3.31. The van der Waals surface area contributed by atoms with Gasteiger partial charge in [-0.2, -0.15) is 4.98 Å². The Morgan fingerprint density at radius 2 is 2.35 bits per heavy atom. The number of nitrogens with zero attached hydrogens (tertiary/aromatic N) is 2. The van der Waals surface area contributed by atoms with E-state index < -0.39 is 5.54 Å². The van der Waals surface area contributed by atoms with E-state index in [1.165, 1.54) is 0 Å². The molecule has 1 aliphatic rings. The molecule has 1 aromatic carbocycles. The van der Waals surface area contributed by atoms with Crippen LogP contribution in [-0.2, 0) is 10.3 Å². The van der Waals surface area contributed by atoms with Crippen LogP contribution in [-0.4, -0.2) is 30.0 Å². The van der Waals surface area contributed by atoms with E-state index in [-0.39, 0.29) is 0 Å². The van der Waals surface area contributed by atoms with Crippen molar-refractivity contribution in [3.63, 3.8) is 0 Å². The van der Waals surface area contributed by atoms with Crippen LogP contribution >= 0.6 is 0 Å². The molecule has 1 saturated heterocycles. The predicted octanol–water partition coefficient (Wildman–Crippen LogP) is 1.71. The maximum atomic E-state index is 6.20. The lowest BCUT2D eigenvalue weighted by Crippen LogP contribution is -2.37. The SMILES string of the molecule is CCOc1cccc(-c2noc(C3(N)CCOC3)n2)c1. The predicted molar refractivity (Wildman–Crippen MR) is 72.2 cm³/mol. The fourth-order valence-corrected chi connectivity index (χ4v) is 2.18. The average molecular weight is 275 g/mol. The van der Waals surface area contributed by atoms with E-state index in [4.69, 9.17) is 19.7 Å². The fraction of sp³-hybridized carbons (Fsp3) is 0.429. The molecular formula is C14H17N3O3. The summed E-state index contributed by atoms with van der Waals surface area (Å²) >= 11 is 0.